The Hall–Kier alpha value is -1.58. The molecule has 0 amide bonds. The SMILES string of the molecule is CC.CCCC(O)=CC(O)C(C)(C)C.O=P(CCCP(=O)(c1ccccc1)c1ccccc1)(c1ccccc1)c1ccccc1.[Eu]. The summed E-state index contributed by atoms with van der Waals surface area (Å²) in [6.07, 6.45) is 4.11. The molecule has 2 N–H and O–H groups in total. The standard InChI is InChI=1S/C27H26O2P2.C10H20O2.C2H6.Eu/c28-30(24-14-5-1-6-15-24,25-16-7-2-8-17-25)22-13-23-31(29,26-18-9-3-10-19-26)27-20-11-4-12-21-27;1-5-6-8(11)7-9(12)10(2,3)4;1-2;/h1-12,14-21H,13,22-23H2;7,9,11-12H,5-6H2,1-4H3;1-2H3;. The molecule has 0 heterocycles. The van der Waals surface area contributed by atoms with E-state index in [2.05, 4.69) is 0 Å². The van der Waals surface area contributed by atoms with E-state index >= 15 is 0 Å². The van der Waals surface area contributed by atoms with E-state index in [1.54, 1.807) is 0 Å². The van der Waals surface area contributed by atoms with Crippen LogP contribution in [-0.2, 0) is 9.13 Å². The van der Waals surface area contributed by atoms with Crippen molar-refractivity contribution in [1.29, 1.82) is 0 Å². The molecule has 4 nitrogen and oxygen atoms in total. The molecule has 1 radical (unpaired) electrons. The molecular formula is C39H52EuO4P2. The Labute approximate surface area is 319 Å². The van der Waals surface area contributed by atoms with Crippen LogP contribution in [0.1, 0.15) is 60.8 Å². The van der Waals surface area contributed by atoms with Gasteiger partial charge in [-0.1, -0.05) is 163 Å². The van der Waals surface area contributed by atoms with Crippen molar-refractivity contribution in [1.82, 2.24) is 0 Å². The Morgan fingerprint density at radius 3 is 1.17 bits per heavy atom. The van der Waals surface area contributed by atoms with Crippen LogP contribution in [0.15, 0.2) is 133 Å². The number of benzene rings is 4. The number of hydrogen-bond acceptors (Lipinski definition) is 4. The molecule has 0 aliphatic carbocycles. The summed E-state index contributed by atoms with van der Waals surface area (Å²) in [5, 5.41) is 22.3. The topological polar surface area (TPSA) is 74.6 Å². The van der Waals surface area contributed by atoms with Crippen molar-refractivity contribution in [3.05, 3.63) is 133 Å². The minimum absolute atomic E-state index is 0. The van der Waals surface area contributed by atoms with E-state index in [1.807, 2.05) is 163 Å². The van der Waals surface area contributed by atoms with Crippen LogP contribution in [0.3, 0.4) is 0 Å². The average Bonchev–Trinajstić information content (AvgIpc) is 3.07. The molecule has 4 rings (SSSR count). The molecule has 0 fully saturated rings. The maximum Gasteiger partial charge on any atom is 0.143 e. The summed E-state index contributed by atoms with van der Waals surface area (Å²) in [4.78, 5) is 0. The Bertz CT molecular complexity index is 1320. The molecule has 0 aromatic heterocycles. The summed E-state index contributed by atoms with van der Waals surface area (Å²) in [6, 6.07) is 38.8. The van der Waals surface area contributed by atoms with Crippen LogP contribution in [0.2, 0.25) is 0 Å². The van der Waals surface area contributed by atoms with Gasteiger partial charge in [-0.15, -0.1) is 0 Å². The largest absolute Gasteiger partial charge is 0.513 e. The summed E-state index contributed by atoms with van der Waals surface area (Å²) in [5.74, 6) is 0.292. The zero-order valence-corrected chi connectivity index (χ0v) is 32.4. The first-order valence-corrected chi connectivity index (χ1v) is 19.8. The van der Waals surface area contributed by atoms with E-state index in [9.17, 15) is 19.3 Å². The smallest absolute Gasteiger partial charge is 0.143 e. The molecule has 1 unspecified atom stereocenters. The number of aliphatic hydroxyl groups excluding tert-OH is 2. The molecular weight excluding hydrogens is 746 g/mol. The molecule has 7 heteroatoms. The number of hydrogen-bond donors (Lipinski definition) is 2. The summed E-state index contributed by atoms with van der Waals surface area (Å²) in [7, 11) is -5.63. The fourth-order valence-electron chi connectivity index (χ4n) is 4.78. The first-order chi connectivity index (χ1) is 21.5. The molecule has 0 saturated carbocycles. The number of aliphatic hydroxyl groups is 2. The van der Waals surface area contributed by atoms with Crippen molar-refractivity contribution >= 4 is 35.5 Å². The number of allylic oxidation sites excluding steroid dienone is 1. The molecule has 249 valence electrons. The Morgan fingerprint density at radius 2 is 0.935 bits per heavy atom. The van der Waals surface area contributed by atoms with Crippen molar-refractivity contribution in [2.24, 2.45) is 5.41 Å². The maximum absolute atomic E-state index is 14.3. The molecule has 4 aromatic rings. The van der Waals surface area contributed by atoms with E-state index < -0.39 is 20.4 Å². The minimum Gasteiger partial charge on any atom is -0.513 e. The Kier molecular flexibility index (Phi) is 19.8. The Balaban J connectivity index is 0.000000601. The van der Waals surface area contributed by atoms with Gasteiger partial charge in [0.2, 0.25) is 0 Å². The van der Waals surface area contributed by atoms with Gasteiger partial charge in [0.05, 0.1) is 11.9 Å². The van der Waals surface area contributed by atoms with Crippen LogP contribution in [0.25, 0.3) is 0 Å². The van der Waals surface area contributed by atoms with Crippen LogP contribution in [0, 0.1) is 54.8 Å². The third-order valence-electron chi connectivity index (χ3n) is 7.38. The first-order valence-electron chi connectivity index (χ1n) is 16.0. The maximum atomic E-state index is 14.3. The van der Waals surface area contributed by atoms with Crippen LogP contribution in [-0.4, -0.2) is 28.6 Å². The second-order valence-corrected chi connectivity index (χ2v) is 17.8. The number of rotatable bonds is 11. The zero-order chi connectivity index (χ0) is 33.3. The summed E-state index contributed by atoms with van der Waals surface area (Å²) in [5.41, 5.74) is -0.193. The summed E-state index contributed by atoms with van der Waals surface area (Å²) in [6.45, 7) is 11.8. The normalized spacial score (nSPS) is 12.4. The molecule has 1 atom stereocenters. The van der Waals surface area contributed by atoms with Gasteiger partial charge < -0.3 is 19.3 Å². The quantitative estimate of drug-likeness (QED) is 0.117. The van der Waals surface area contributed by atoms with Crippen molar-refractivity contribution in [3.63, 3.8) is 0 Å². The fraction of sp³-hybridized carbons (Fsp3) is 0.333. The van der Waals surface area contributed by atoms with E-state index in [0.717, 1.165) is 27.6 Å². The molecule has 0 aliphatic heterocycles. The predicted molar refractivity (Wildman–Crippen MR) is 196 cm³/mol. The second kappa shape index (κ2) is 21.4. The summed E-state index contributed by atoms with van der Waals surface area (Å²) >= 11 is 0. The molecule has 4 aromatic carbocycles. The monoisotopic (exact) mass is 799 g/mol. The van der Waals surface area contributed by atoms with E-state index in [0.29, 0.717) is 30.9 Å². The van der Waals surface area contributed by atoms with Gasteiger partial charge in [0.15, 0.2) is 0 Å². The van der Waals surface area contributed by atoms with Gasteiger partial charge in [0.25, 0.3) is 0 Å². The van der Waals surface area contributed by atoms with E-state index in [1.165, 1.54) is 6.08 Å². The Morgan fingerprint density at radius 1 is 0.652 bits per heavy atom. The molecule has 0 saturated heterocycles. The molecule has 0 spiro atoms. The van der Waals surface area contributed by atoms with Crippen molar-refractivity contribution in [2.75, 3.05) is 12.3 Å². The van der Waals surface area contributed by atoms with Crippen molar-refractivity contribution in [2.45, 2.75) is 66.9 Å². The van der Waals surface area contributed by atoms with Crippen LogP contribution in [0.5, 0.6) is 0 Å². The first kappa shape index (κ1) is 42.4. The van der Waals surface area contributed by atoms with Gasteiger partial charge in [-0.25, -0.2) is 0 Å². The van der Waals surface area contributed by atoms with Crippen molar-refractivity contribution < 1.29 is 68.7 Å². The summed E-state index contributed by atoms with van der Waals surface area (Å²) < 4.78 is 28.6. The third kappa shape index (κ3) is 12.8. The van der Waals surface area contributed by atoms with Gasteiger partial charge in [-0.3, -0.25) is 0 Å². The minimum atomic E-state index is -2.81. The average molecular weight is 799 g/mol. The van der Waals surface area contributed by atoms with Crippen LogP contribution in [0.4, 0.5) is 0 Å². The van der Waals surface area contributed by atoms with E-state index in [-0.39, 0.29) is 54.8 Å². The van der Waals surface area contributed by atoms with Gasteiger partial charge in [-0.2, -0.15) is 0 Å². The van der Waals surface area contributed by atoms with Crippen LogP contribution >= 0.6 is 14.3 Å². The second-order valence-electron chi connectivity index (χ2n) is 11.8. The fourth-order valence-corrected chi connectivity index (χ4v) is 10.5. The molecule has 0 bridgehead atoms. The van der Waals surface area contributed by atoms with Gasteiger partial charge in [0, 0.05) is 89.3 Å². The van der Waals surface area contributed by atoms with Gasteiger partial charge in [-0.05, 0) is 24.3 Å². The van der Waals surface area contributed by atoms with Crippen LogP contribution < -0.4 is 21.2 Å². The van der Waals surface area contributed by atoms with Gasteiger partial charge in [0.1, 0.15) is 14.3 Å². The molecule has 46 heavy (non-hydrogen) atoms. The molecule has 0 aliphatic rings. The zero-order valence-electron chi connectivity index (χ0n) is 28.2. The third-order valence-corrected chi connectivity index (χ3v) is 13.8. The van der Waals surface area contributed by atoms with E-state index in [4.69, 9.17) is 0 Å². The van der Waals surface area contributed by atoms with Gasteiger partial charge >= 0.3 is 0 Å². The predicted octanol–water partition coefficient (Wildman–Crippen LogP) is 9.07. The van der Waals surface area contributed by atoms with Crippen molar-refractivity contribution in [3.8, 4) is 0 Å².